The van der Waals surface area contributed by atoms with E-state index in [9.17, 15) is 8.78 Å². The summed E-state index contributed by atoms with van der Waals surface area (Å²) in [6.45, 7) is 2.84. The fourth-order valence-corrected chi connectivity index (χ4v) is 2.42. The van der Waals surface area contributed by atoms with Crippen molar-refractivity contribution in [3.63, 3.8) is 0 Å². The van der Waals surface area contributed by atoms with Crippen LogP contribution in [0.4, 0.5) is 8.78 Å². The van der Waals surface area contributed by atoms with Crippen molar-refractivity contribution in [1.29, 1.82) is 0 Å². The highest BCUT2D eigenvalue weighted by atomic mass is 32.1. The van der Waals surface area contributed by atoms with Crippen molar-refractivity contribution in [3.05, 3.63) is 22.4 Å². The Labute approximate surface area is 105 Å². The van der Waals surface area contributed by atoms with Crippen molar-refractivity contribution in [2.75, 3.05) is 19.8 Å². The molecule has 0 radical (unpaired) electrons. The van der Waals surface area contributed by atoms with Crippen LogP contribution in [0.1, 0.15) is 18.2 Å². The van der Waals surface area contributed by atoms with Crippen LogP contribution in [-0.2, 0) is 11.2 Å². The Morgan fingerprint density at radius 3 is 2.88 bits per heavy atom. The number of rotatable bonds is 9. The second-order valence-corrected chi connectivity index (χ2v) is 4.83. The number of alkyl halides is 2. The Morgan fingerprint density at radius 1 is 1.47 bits per heavy atom. The van der Waals surface area contributed by atoms with Crippen molar-refractivity contribution in [2.45, 2.75) is 32.2 Å². The van der Waals surface area contributed by atoms with Gasteiger partial charge in [0.25, 0.3) is 6.43 Å². The summed E-state index contributed by atoms with van der Waals surface area (Å²) in [5.41, 5.74) is 0. The molecule has 0 bridgehead atoms. The third-order valence-corrected chi connectivity index (χ3v) is 3.27. The lowest BCUT2D eigenvalue weighted by Gasteiger charge is -2.17. The molecule has 0 spiro atoms. The minimum atomic E-state index is -2.37. The number of ether oxygens (including phenoxy) is 1. The highest BCUT2D eigenvalue weighted by Crippen LogP contribution is 2.12. The maximum absolute atomic E-state index is 11.9. The Bertz CT molecular complexity index is 280. The standard InChI is InChI=1S/C12H19F2NOS/c1-2-15-10(5-6-16-9-12(13)14)8-11-4-3-7-17-11/h3-4,7,10,12,15H,2,5-6,8-9H2,1H3. The van der Waals surface area contributed by atoms with E-state index in [1.807, 2.05) is 18.4 Å². The lowest BCUT2D eigenvalue weighted by Crippen LogP contribution is -2.32. The van der Waals surface area contributed by atoms with Gasteiger partial charge in [0.05, 0.1) is 0 Å². The minimum Gasteiger partial charge on any atom is -0.375 e. The van der Waals surface area contributed by atoms with Crippen molar-refractivity contribution in [1.82, 2.24) is 5.32 Å². The van der Waals surface area contributed by atoms with E-state index in [2.05, 4.69) is 11.4 Å². The SMILES string of the molecule is CCNC(CCOCC(F)F)Cc1cccs1. The Balaban J connectivity index is 2.23. The predicted octanol–water partition coefficient (Wildman–Crippen LogP) is 2.94. The summed E-state index contributed by atoms with van der Waals surface area (Å²) in [6.07, 6.45) is -0.674. The van der Waals surface area contributed by atoms with E-state index in [0.29, 0.717) is 12.6 Å². The molecule has 0 saturated heterocycles. The maximum atomic E-state index is 11.9. The molecular weight excluding hydrogens is 244 g/mol. The molecule has 1 aromatic heterocycles. The first-order chi connectivity index (χ1) is 8.22. The Hall–Kier alpha value is -0.520. The Morgan fingerprint density at radius 2 is 2.29 bits per heavy atom. The molecule has 1 atom stereocenters. The summed E-state index contributed by atoms with van der Waals surface area (Å²) in [5.74, 6) is 0. The van der Waals surface area contributed by atoms with E-state index in [4.69, 9.17) is 4.74 Å². The molecular formula is C12H19F2NOS. The summed E-state index contributed by atoms with van der Waals surface area (Å²) < 4.78 is 28.7. The van der Waals surface area contributed by atoms with Gasteiger partial charge in [0.2, 0.25) is 0 Å². The number of thiophene rings is 1. The number of hydrogen-bond donors (Lipinski definition) is 1. The molecule has 1 aromatic rings. The first kappa shape index (κ1) is 14.5. The highest BCUT2D eigenvalue weighted by Gasteiger charge is 2.10. The molecule has 0 aliphatic rings. The maximum Gasteiger partial charge on any atom is 0.261 e. The zero-order chi connectivity index (χ0) is 12.5. The van der Waals surface area contributed by atoms with Gasteiger partial charge in [-0.2, -0.15) is 0 Å². The van der Waals surface area contributed by atoms with E-state index in [1.165, 1.54) is 4.88 Å². The molecule has 0 aliphatic carbocycles. The van der Waals surface area contributed by atoms with E-state index in [-0.39, 0.29) is 0 Å². The molecule has 5 heteroatoms. The fraction of sp³-hybridized carbons (Fsp3) is 0.667. The predicted molar refractivity (Wildman–Crippen MR) is 66.9 cm³/mol. The van der Waals surface area contributed by atoms with Gasteiger partial charge >= 0.3 is 0 Å². The first-order valence-electron chi connectivity index (χ1n) is 5.84. The summed E-state index contributed by atoms with van der Waals surface area (Å²) in [7, 11) is 0. The van der Waals surface area contributed by atoms with Crippen molar-refractivity contribution in [2.24, 2.45) is 0 Å². The molecule has 1 heterocycles. The number of nitrogens with one attached hydrogen (secondary N) is 1. The largest absolute Gasteiger partial charge is 0.375 e. The van der Waals surface area contributed by atoms with Crippen molar-refractivity contribution < 1.29 is 13.5 Å². The van der Waals surface area contributed by atoms with E-state index in [1.54, 1.807) is 11.3 Å². The smallest absolute Gasteiger partial charge is 0.261 e. The third-order valence-electron chi connectivity index (χ3n) is 2.37. The van der Waals surface area contributed by atoms with Gasteiger partial charge in [-0.1, -0.05) is 13.0 Å². The second-order valence-electron chi connectivity index (χ2n) is 3.79. The lowest BCUT2D eigenvalue weighted by molar-refractivity contribution is 0.0145. The van der Waals surface area contributed by atoms with Gasteiger partial charge in [0.15, 0.2) is 0 Å². The molecule has 0 amide bonds. The molecule has 1 rings (SSSR count). The van der Waals surface area contributed by atoms with E-state index in [0.717, 1.165) is 19.4 Å². The van der Waals surface area contributed by atoms with Crippen LogP contribution in [0.2, 0.25) is 0 Å². The normalized spacial score (nSPS) is 13.2. The summed E-state index contributed by atoms with van der Waals surface area (Å²) in [4.78, 5) is 1.31. The quantitative estimate of drug-likeness (QED) is 0.692. The van der Waals surface area contributed by atoms with Crippen LogP contribution in [0.3, 0.4) is 0 Å². The van der Waals surface area contributed by atoms with Crippen LogP contribution in [0.5, 0.6) is 0 Å². The monoisotopic (exact) mass is 263 g/mol. The minimum absolute atomic E-state index is 0.302. The average Bonchev–Trinajstić information content (AvgIpc) is 2.77. The molecule has 98 valence electrons. The number of likely N-dealkylation sites (N-methyl/N-ethyl adjacent to an activating group) is 1. The summed E-state index contributed by atoms with van der Waals surface area (Å²) in [5, 5.41) is 5.40. The number of halogens is 2. The lowest BCUT2D eigenvalue weighted by atomic mass is 10.1. The molecule has 1 unspecified atom stereocenters. The van der Waals surface area contributed by atoms with E-state index >= 15 is 0 Å². The topological polar surface area (TPSA) is 21.3 Å². The van der Waals surface area contributed by atoms with Gasteiger partial charge in [-0.15, -0.1) is 11.3 Å². The third kappa shape index (κ3) is 6.71. The number of hydrogen-bond acceptors (Lipinski definition) is 3. The summed E-state index contributed by atoms with van der Waals surface area (Å²) >= 11 is 1.72. The van der Waals surface area contributed by atoms with Gasteiger partial charge in [-0.3, -0.25) is 0 Å². The average molecular weight is 263 g/mol. The van der Waals surface area contributed by atoms with Crippen LogP contribution in [0, 0.1) is 0 Å². The molecule has 2 nitrogen and oxygen atoms in total. The van der Waals surface area contributed by atoms with Gasteiger partial charge in [0, 0.05) is 17.5 Å². The second kappa shape index (κ2) is 8.55. The van der Waals surface area contributed by atoms with Gasteiger partial charge in [-0.05, 0) is 30.8 Å². The van der Waals surface area contributed by atoms with Crippen LogP contribution >= 0.6 is 11.3 Å². The van der Waals surface area contributed by atoms with Gasteiger partial charge < -0.3 is 10.1 Å². The van der Waals surface area contributed by atoms with E-state index < -0.39 is 13.0 Å². The summed E-state index contributed by atoms with van der Waals surface area (Å²) in [6, 6.07) is 4.42. The molecule has 0 aliphatic heterocycles. The fourth-order valence-electron chi connectivity index (χ4n) is 1.63. The van der Waals surface area contributed by atoms with Gasteiger partial charge in [-0.25, -0.2) is 8.78 Å². The molecule has 1 N–H and O–H groups in total. The first-order valence-corrected chi connectivity index (χ1v) is 6.72. The highest BCUT2D eigenvalue weighted by molar-refractivity contribution is 7.09. The van der Waals surface area contributed by atoms with Crippen LogP contribution in [0.15, 0.2) is 17.5 Å². The van der Waals surface area contributed by atoms with Gasteiger partial charge in [0.1, 0.15) is 6.61 Å². The van der Waals surface area contributed by atoms with Crippen molar-refractivity contribution >= 4 is 11.3 Å². The zero-order valence-corrected chi connectivity index (χ0v) is 10.8. The van der Waals surface area contributed by atoms with Crippen molar-refractivity contribution in [3.8, 4) is 0 Å². The molecule has 0 saturated carbocycles. The Kier molecular flexibility index (Phi) is 7.32. The van der Waals surface area contributed by atoms with Crippen LogP contribution in [-0.4, -0.2) is 32.2 Å². The molecule has 0 fully saturated rings. The molecule has 17 heavy (non-hydrogen) atoms. The molecule has 0 aromatic carbocycles. The van der Waals surface area contributed by atoms with Crippen LogP contribution in [0.25, 0.3) is 0 Å². The van der Waals surface area contributed by atoms with Crippen LogP contribution < -0.4 is 5.32 Å². The zero-order valence-electron chi connectivity index (χ0n) is 9.99.